The van der Waals surface area contributed by atoms with Crippen molar-refractivity contribution in [1.82, 2.24) is 5.32 Å². The fourth-order valence-electron chi connectivity index (χ4n) is 1.48. The Kier molecular flexibility index (Phi) is 5.15. The second-order valence-corrected chi connectivity index (χ2v) is 4.72. The first-order valence-corrected chi connectivity index (χ1v) is 6.05. The smallest absolute Gasteiger partial charge is 0.258 e. The monoisotopic (exact) mass is 314 g/mol. The van der Waals surface area contributed by atoms with Crippen LogP contribution in [0.25, 0.3) is 0 Å². The summed E-state index contributed by atoms with van der Waals surface area (Å²) in [5, 5.41) is 12.3. The van der Waals surface area contributed by atoms with Crippen molar-refractivity contribution in [3.05, 3.63) is 27.7 Å². The number of rotatable bonds is 5. The van der Waals surface area contributed by atoms with Crippen LogP contribution in [-0.2, 0) is 9.59 Å². The predicted molar refractivity (Wildman–Crippen MR) is 67.1 cm³/mol. The van der Waals surface area contributed by atoms with Gasteiger partial charge >= 0.3 is 0 Å². The first-order chi connectivity index (χ1) is 8.40. The van der Waals surface area contributed by atoms with Crippen molar-refractivity contribution >= 4 is 27.8 Å². The van der Waals surface area contributed by atoms with E-state index in [0.717, 1.165) is 15.6 Å². The van der Waals surface area contributed by atoms with Crippen LogP contribution >= 0.6 is 15.9 Å². The van der Waals surface area contributed by atoms with Gasteiger partial charge in [-0.2, -0.15) is 0 Å². The van der Waals surface area contributed by atoms with Gasteiger partial charge in [-0.3, -0.25) is 4.79 Å². The Balaban J connectivity index is 2.58. The molecule has 0 radical (unpaired) electrons. The number of nitrogens with one attached hydrogen (secondary N) is 1. The third-order valence-corrected chi connectivity index (χ3v) is 2.66. The van der Waals surface area contributed by atoms with Gasteiger partial charge in [-0.05, 0) is 37.1 Å². The standard InChI is InChI=1S/C12H14BrNO4/c1-7-3-9(13)4-8(2)12(7)18-6-10(15)14-5-11(16)17/h3-4H,5-6H2,1-2H3,(H,14,15)(H,16,17)/p-1. The maximum atomic E-state index is 11.3. The summed E-state index contributed by atoms with van der Waals surface area (Å²) in [5.41, 5.74) is 1.80. The largest absolute Gasteiger partial charge is 0.548 e. The van der Waals surface area contributed by atoms with E-state index in [1.807, 2.05) is 26.0 Å². The average molecular weight is 315 g/mol. The number of carbonyl (C=O) groups is 2. The van der Waals surface area contributed by atoms with Crippen LogP contribution in [0.15, 0.2) is 16.6 Å². The molecule has 18 heavy (non-hydrogen) atoms. The lowest BCUT2D eigenvalue weighted by molar-refractivity contribution is -0.304. The Morgan fingerprint density at radius 1 is 1.33 bits per heavy atom. The number of hydrogen-bond donors (Lipinski definition) is 1. The van der Waals surface area contributed by atoms with Crippen molar-refractivity contribution in [2.45, 2.75) is 13.8 Å². The van der Waals surface area contributed by atoms with Gasteiger partial charge in [-0.25, -0.2) is 0 Å². The van der Waals surface area contributed by atoms with Crippen molar-refractivity contribution in [2.24, 2.45) is 0 Å². The number of aliphatic carboxylic acids is 1. The van der Waals surface area contributed by atoms with E-state index < -0.39 is 18.4 Å². The van der Waals surface area contributed by atoms with Crippen LogP contribution in [0.5, 0.6) is 5.75 Å². The zero-order valence-electron chi connectivity index (χ0n) is 10.1. The second-order valence-electron chi connectivity index (χ2n) is 3.81. The molecule has 0 saturated carbocycles. The molecule has 0 aliphatic rings. The molecular formula is C12H13BrNO4-. The van der Waals surface area contributed by atoms with Gasteiger partial charge in [0.2, 0.25) is 0 Å². The quantitative estimate of drug-likeness (QED) is 0.848. The summed E-state index contributed by atoms with van der Waals surface area (Å²) in [4.78, 5) is 21.4. The van der Waals surface area contributed by atoms with Crippen molar-refractivity contribution in [3.63, 3.8) is 0 Å². The van der Waals surface area contributed by atoms with Gasteiger partial charge in [0.15, 0.2) is 6.61 Å². The Bertz CT molecular complexity index is 450. The van der Waals surface area contributed by atoms with Crippen LogP contribution in [0.1, 0.15) is 11.1 Å². The Hall–Kier alpha value is -1.56. The van der Waals surface area contributed by atoms with Crippen LogP contribution in [0, 0.1) is 13.8 Å². The molecule has 1 amide bonds. The lowest BCUT2D eigenvalue weighted by atomic mass is 10.1. The summed E-state index contributed by atoms with van der Waals surface area (Å²) >= 11 is 3.36. The summed E-state index contributed by atoms with van der Waals surface area (Å²) in [7, 11) is 0. The van der Waals surface area contributed by atoms with E-state index >= 15 is 0 Å². The van der Waals surface area contributed by atoms with Crippen LogP contribution in [0.3, 0.4) is 0 Å². The predicted octanol–water partition coefficient (Wildman–Crippen LogP) is 0.311. The number of amides is 1. The van der Waals surface area contributed by atoms with Gasteiger partial charge in [-0.15, -0.1) is 0 Å². The topological polar surface area (TPSA) is 78.5 Å². The van der Waals surface area contributed by atoms with Crippen LogP contribution in [0.2, 0.25) is 0 Å². The fraction of sp³-hybridized carbons (Fsp3) is 0.333. The van der Waals surface area contributed by atoms with Gasteiger partial charge < -0.3 is 20.0 Å². The molecule has 1 aromatic rings. The lowest BCUT2D eigenvalue weighted by Crippen LogP contribution is -2.39. The number of halogens is 1. The Labute approximate surface area is 113 Å². The molecule has 0 spiro atoms. The van der Waals surface area contributed by atoms with E-state index in [-0.39, 0.29) is 6.61 Å². The lowest BCUT2D eigenvalue weighted by Gasteiger charge is -2.12. The number of aryl methyl sites for hydroxylation is 2. The number of carbonyl (C=O) groups excluding carboxylic acids is 2. The second kappa shape index (κ2) is 6.39. The molecule has 1 aromatic carbocycles. The Morgan fingerprint density at radius 2 is 1.89 bits per heavy atom. The van der Waals surface area contributed by atoms with Crippen LogP contribution < -0.4 is 15.2 Å². The molecule has 5 nitrogen and oxygen atoms in total. The molecule has 1 rings (SSSR count). The number of hydrogen-bond acceptors (Lipinski definition) is 4. The van der Waals surface area contributed by atoms with Gasteiger partial charge in [0, 0.05) is 4.47 Å². The van der Waals surface area contributed by atoms with E-state index in [4.69, 9.17) is 4.74 Å². The molecule has 6 heteroatoms. The van der Waals surface area contributed by atoms with Crippen LogP contribution in [0.4, 0.5) is 0 Å². The minimum Gasteiger partial charge on any atom is -0.548 e. The highest BCUT2D eigenvalue weighted by Crippen LogP contribution is 2.27. The molecular weight excluding hydrogens is 302 g/mol. The molecule has 0 atom stereocenters. The molecule has 0 unspecified atom stereocenters. The van der Waals surface area contributed by atoms with Gasteiger partial charge in [0.1, 0.15) is 5.75 Å². The first kappa shape index (κ1) is 14.5. The molecule has 0 aliphatic carbocycles. The van der Waals surface area contributed by atoms with E-state index in [2.05, 4.69) is 21.2 Å². The molecule has 0 saturated heterocycles. The molecule has 0 aromatic heterocycles. The van der Waals surface area contributed by atoms with Gasteiger partial charge in [0.25, 0.3) is 5.91 Å². The van der Waals surface area contributed by atoms with Crippen LogP contribution in [-0.4, -0.2) is 25.0 Å². The minimum absolute atomic E-state index is 0.226. The number of carboxylic acid groups (broad SMARTS) is 1. The van der Waals surface area contributed by atoms with E-state index in [1.54, 1.807) is 0 Å². The maximum absolute atomic E-state index is 11.3. The molecule has 0 heterocycles. The third-order valence-electron chi connectivity index (χ3n) is 2.20. The van der Waals surface area contributed by atoms with E-state index in [0.29, 0.717) is 5.75 Å². The van der Waals surface area contributed by atoms with Gasteiger partial charge in [0.05, 0.1) is 12.5 Å². The number of ether oxygens (including phenoxy) is 1. The summed E-state index contributed by atoms with van der Waals surface area (Å²) in [6, 6.07) is 3.75. The van der Waals surface area contributed by atoms with Gasteiger partial charge in [-0.1, -0.05) is 15.9 Å². The van der Waals surface area contributed by atoms with Crippen molar-refractivity contribution in [1.29, 1.82) is 0 Å². The highest BCUT2D eigenvalue weighted by atomic mass is 79.9. The van der Waals surface area contributed by atoms with E-state index in [1.165, 1.54) is 0 Å². The normalized spacial score (nSPS) is 9.94. The minimum atomic E-state index is -1.33. The first-order valence-electron chi connectivity index (χ1n) is 5.26. The summed E-state index contributed by atoms with van der Waals surface area (Å²) < 4.78 is 6.31. The fourth-order valence-corrected chi connectivity index (χ4v) is 2.17. The summed E-state index contributed by atoms with van der Waals surface area (Å²) in [6.07, 6.45) is 0. The van der Waals surface area contributed by atoms with Crippen molar-refractivity contribution in [2.75, 3.05) is 13.2 Å². The average Bonchev–Trinajstić information content (AvgIpc) is 2.24. The number of benzene rings is 1. The third kappa shape index (κ3) is 4.37. The highest BCUT2D eigenvalue weighted by molar-refractivity contribution is 9.10. The number of carboxylic acids is 1. The molecule has 0 aliphatic heterocycles. The zero-order chi connectivity index (χ0) is 13.7. The highest BCUT2D eigenvalue weighted by Gasteiger charge is 2.08. The summed E-state index contributed by atoms with van der Waals surface area (Å²) in [5.74, 6) is -1.21. The Morgan fingerprint density at radius 3 is 2.39 bits per heavy atom. The SMILES string of the molecule is Cc1cc(Br)cc(C)c1OCC(=O)NCC(=O)[O-]. The van der Waals surface area contributed by atoms with E-state index in [9.17, 15) is 14.7 Å². The van der Waals surface area contributed by atoms with Crippen molar-refractivity contribution < 1.29 is 19.4 Å². The molecule has 98 valence electrons. The molecule has 1 N–H and O–H groups in total. The zero-order valence-corrected chi connectivity index (χ0v) is 11.7. The summed E-state index contributed by atoms with van der Waals surface area (Å²) in [6.45, 7) is 3.00. The maximum Gasteiger partial charge on any atom is 0.258 e. The van der Waals surface area contributed by atoms with Crippen molar-refractivity contribution in [3.8, 4) is 5.75 Å². The molecule has 0 fully saturated rings. The molecule has 0 bridgehead atoms.